The minimum atomic E-state index is -3.56. The smallest absolute Gasteiger partial charge is 0.240 e. The highest BCUT2D eigenvalue weighted by Gasteiger charge is 2.20. The standard InChI is InChI=1S/C20H26N2O4S/c1-4-16-8-10-18(11-9-16)22(27(3,24)25)15-20(23)21-13-12-17-6-5-7-19(14-17)26-2/h5-11,14H,4,12-13,15H2,1-3H3,(H,21,23). The third-order valence-electron chi connectivity index (χ3n) is 4.19. The van der Waals surface area contributed by atoms with Gasteiger partial charge in [0.1, 0.15) is 12.3 Å². The normalized spacial score (nSPS) is 11.1. The molecular formula is C20H26N2O4S. The summed E-state index contributed by atoms with van der Waals surface area (Å²) in [6, 6.07) is 14.8. The molecule has 0 atom stereocenters. The lowest BCUT2D eigenvalue weighted by Crippen LogP contribution is -2.40. The van der Waals surface area contributed by atoms with Gasteiger partial charge in [0.05, 0.1) is 19.1 Å². The zero-order chi connectivity index (χ0) is 19.9. The van der Waals surface area contributed by atoms with Gasteiger partial charge in [-0.2, -0.15) is 0 Å². The number of nitrogens with zero attached hydrogens (tertiary/aromatic N) is 1. The Labute approximate surface area is 161 Å². The average molecular weight is 391 g/mol. The van der Waals surface area contributed by atoms with Crippen molar-refractivity contribution >= 4 is 21.6 Å². The van der Waals surface area contributed by atoms with Crippen molar-refractivity contribution in [2.45, 2.75) is 19.8 Å². The fourth-order valence-corrected chi connectivity index (χ4v) is 3.51. The van der Waals surface area contributed by atoms with Crippen molar-refractivity contribution in [3.63, 3.8) is 0 Å². The van der Waals surface area contributed by atoms with E-state index in [9.17, 15) is 13.2 Å². The summed E-state index contributed by atoms with van der Waals surface area (Å²) in [5.74, 6) is 0.417. The Morgan fingerprint density at radius 2 is 1.81 bits per heavy atom. The van der Waals surface area contributed by atoms with Gasteiger partial charge in [0.2, 0.25) is 15.9 Å². The van der Waals surface area contributed by atoms with E-state index in [4.69, 9.17) is 4.74 Å². The number of sulfonamides is 1. The molecule has 0 spiro atoms. The van der Waals surface area contributed by atoms with E-state index in [0.717, 1.165) is 33.9 Å². The van der Waals surface area contributed by atoms with Crippen molar-refractivity contribution in [2.24, 2.45) is 0 Å². The molecule has 0 heterocycles. The number of rotatable bonds is 9. The summed E-state index contributed by atoms with van der Waals surface area (Å²) < 4.78 is 30.5. The Bertz CT molecular complexity index is 864. The number of benzene rings is 2. The van der Waals surface area contributed by atoms with E-state index >= 15 is 0 Å². The molecule has 2 aromatic carbocycles. The van der Waals surface area contributed by atoms with E-state index < -0.39 is 10.0 Å². The predicted octanol–water partition coefficient (Wildman–Crippen LogP) is 2.38. The van der Waals surface area contributed by atoms with Crippen LogP contribution < -0.4 is 14.4 Å². The van der Waals surface area contributed by atoms with Crippen molar-refractivity contribution in [2.75, 3.05) is 30.8 Å². The first kappa shape index (κ1) is 20.8. The SMILES string of the molecule is CCc1ccc(N(CC(=O)NCCc2cccc(OC)c2)S(C)(=O)=O)cc1. The Kier molecular flexibility index (Phi) is 7.24. The van der Waals surface area contributed by atoms with E-state index in [1.165, 1.54) is 0 Å². The minimum Gasteiger partial charge on any atom is -0.497 e. The summed E-state index contributed by atoms with van der Waals surface area (Å²) in [4.78, 5) is 12.3. The molecule has 27 heavy (non-hydrogen) atoms. The van der Waals surface area contributed by atoms with Crippen LogP contribution in [-0.2, 0) is 27.7 Å². The molecule has 0 aliphatic heterocycles. The van der Waals surface area contributed by atoms with Crippen LogP contribution in [0.15, 0.2) is 48.5 Å². The Balaban J connectivity index is 1.97. The summed E-state index contributed by atoms with van der Waals surface area (Å²) in [6.07, 6.45) is 2.60. The van der Waals surface area contributed by atoms with Crippen LogP contribution in [-0.4, -0.2) is 40.8 Å². The molecule has 0 aliphatic rings. The number of hydrogen-bond acceptors (Lipinski definition) is 4. The summed E-state index contributed by atoms with van der Waals surface area (Å²) in [5.41, 5.74) is 2.62. The number of ether oxygens (including phenoxy) is 1. The molecule has 0 fully saturated rings. The van der Waals surface area contributed by atoms with Gasteiger partial charge in [0.15, 0.2) is 0 Å². The largest absolute Gasteiger partial charge is 0.497 e. The van der Waals surface area contributed by atoms with Crippen LogP contribution in [0.5, 0.6) is 5.75 Å². The van der Waals surface area contributed by atoms with E-state index in [-0.39, 0.29) is 12.5 Å². The van der Waals surface area contributed by atoms with E-state index in [1.54, 1.807) is 19.2 Å². The topological polar surface area (TPSA) is 75.7 Å². The highest BCUT2D eigenvalue weighted by Crippen LogP contribution is 2.18. The highest BCUT2D eigenvalue weighted by atomic mass is 32.2. The van der Waals surface area contributed by atoms with Gasteiger partial charge >= 0.3 is 0 Å². The third-order valence-corrected chi connectivity index (χ3v) is 5.33. The predicted molar refractivity (Wildman–Crippen MR) is 108 cm³/mol. The number of carbonyl (C=O) groups excluding carboxylic acids is 1. The molecule has 7 heteroatoms. The summed E-state index contributed by atoms with van der Waals surface area (Å²) in [7, 11) is -1.96. The van der Waals surface area contributed by atoms with Crippen molar-refractivity contribution in [3.8, 4) is 5.75 Å². The number of carbonyl (C=O) groups is 1. The second-order valence-electron chi connectivity index (χ2n) is 6.24. The maximum Gasteiger partial charge on any atom is 0.240 e. The van der Waals surface area contributed by atoms with E-state index in [2.05, 4.69) is 5.32 Å². The monoisotopic (exact) mass is 390 g/mol. The van der Waals surface area contributed by atoms with Gasteiger partial charge < -0.3 is 10.1 Å². The first-order valence-electron chi connectivity index (χ1n) is 8.79. The minimum absolute atomic E-state index is 0.248. The Morgan fingerprint density at radius 1 is 1.11 bits per heavy atom. The zero-order valence-electron chi connectivity index (χ0n) is 15.9. The van der Waals surface area contributed by atoms with Gasteiger partial charge in [0.25, 0.3) is 0 Å². The van der Waals surface area contributed by atoms with E-state index in [0.29, 0.717) is 18.7 Å². The molecule has 6 nitrogen and oxygen atoms in total. The second kappa shape index (κ2) is 9.41. The van der Waals surface area contributed by atoms with E-state index in [1.807, 2.05) is 43.3 Å². The molecule has 0 saturated heterocycles. The van der Waals surface area contributed by atoms with Crippen LogP contribution in [0.25, 0.3) is 0 Å². The maximum absolute atomic E-state index is 12.3. The molecular weight excluding hydrogens is 364 g/mol. The number of methoxy groups -OCH3 is 1. The van der Waals surface area contributed by atoms with Crippen molar-refractivity contribution in [1.82, 2.24) is 5.32 Å². The van der Waals surface area contributed by atoms with Gasteiger partial charge in [0, 0.05) is 6.54 Å². The fraction of sp³-hybridized carbons (Fsp3) is 0.350. The second-order valence-corrected chi connectivity index (χ2v) is 8.15. The van der Waals surface area contributed by atoms with Crippen LogP contribution in [0, 0.1) is 0 Å². The first-order valence-corrected chi connectivity index (χ1v) is 10.6. The maximum atomic E-state index is 12.3. The lowest BCUT2D eigenvalue weighted by molar-refractivity contribution is -0.119. The zero-order valence-corrected chi connectivity index (χ0v) is 16.8. The van der Waals surface area contributed by atoms with Crippen molar-refractivity contribution in [1.29, 1.82) is 0 Å². The van der Waals surface area contributed by atoms with Gasteiger partial charge in [-0.1, -0.05) is 31.2 Å². The molecule has 1 N–H and O–H groups in total. The molecule has 0 unspecified atom stereocenters. The Morgan fingerprint density at radius 3 is 2.41 bits per heavy atom. The number of anilines is 1. The first-order chi connectivity index (χ1) is 12.8. The molecule has 2 rings (SSSR count). The third kappa shape index (κ3) is 6.29. The average Bonchev–Trinajstić information content (AvgIpc) is 2.65. The van der Waals surface area contributed by atoms with Gasteiger partial charge in [-0.3, -0.25) is 9.10 Å². The quantitative estimate of drug-likeness (QED) is 0.713. The lowest BCUT2D eigenvalue weighted by atomic mass is 10.1. The molecule has 0 aliphatic carbocycles. The summed E-state index contributed by atoms with van der Waals surface area (Å²) in [6.45, 7) is 2.19. The van der Waals surface area contributed by atoms with Gasteiger partial charge in [-0.05, 0) is 48.2 Å². The van der Waals surface area contributed by atoms with Crippen LogP contribution in [0.2, 0.25) is 0 Å². The van der Waals surface area contributed by atoms with Crippen molar-refractivity contribution < 1.29 is 17.9 Å². The molecule has 0 bridgehead atoms. The number of hydrogen-bond donors (Lipinski definition) is 1. The van der Waals surface area contributed by atoms with Crippen molar-refractivity contribution in [3.05, 3.63) is 59.7 Å². The number of amides is 1. The van der Waals surface area contributed by atoms with Crippen LogP contribution in [0.1, 0.15) is 18.1 Å². The van der Waals surface area contributed by atoms with Gasteiger partial charge in [-0.15, -0.1) is 0 Å². The van der Waals surface area contributed by atoms with Crippen LogP contribution in [0.4, 0.5) is 5.69 Å². The molecule has 2 aromatic rings. The van der Waals surface area contributed by atoms with Crippen LogP contribution >= 0.6 is 0 Å². The fourth-order valence-electron chi connectivity index (χ4n) is 2.66. The van der Waals surface area contributed by atoms with Gasteiger partial charge in [-0.25, -0.2) is 8.42 Å². The highest BCUT2D eigenvalue weighted by molar-refractivity contribution is 7.92. The number of nitrogens with one attached hydrogen (secondary N) is 1. The molecule has 0 radical (unpaired) electrons. The number of aryl methyl sites for hydroxylation is 1. The lowest BCUT2D eigenvalue weighted by Gasteiger charge is -2.22. The molecule has 0 aromatic heterocycles. The molecule has 0 saturated carbocycles. The summed E-state index contributed by atoms with van der Waals surface area (Å²) in [5, 5.41) is 2.78. The molecule has 1 amide bonds. The molecule has 146 valence electrons. The van der Waals surface area contributed by atoms with Crippen LogP contribution in [0.3, 0.4) is 0 Å². The summed E-state index contributed by atoms with van der Waals surface area (Å²) >= 11 is 0. The Hall–Kier alpha value is -2.54.